The zero-order chi connectivity index (χ0) is 14.1. The SMILES string of the molecule is Clc1cc2c3c(c1Cl)[C@@H]1C=CC[C@@H]1CN3C[C@H]1CC=C[C@@H]21. The predicted molar refractivity (Wildman–Crippen MR) is 88.7 cm³/mol. The van der Waals surface area contributed by atoms with Gasteiger partial charge < -0.3 is 4.90 Å². The molecule has 108 valence electrons. The second-order valence-electron chi connectivity index (χ2n) is 6.83. The van der Waals surface area contributed by atoms with Gasteiger partial charge in [-0.2, -0.15) is 0 Å². The highest BCUT2D eigenvalue weighted by Gasteiger charge is 2.43. The standard InChI is InChI=1S/C18H17Cl2N/c19-15-7-14-12-5-1-3-10(12)8-21-9-11-4-2-6-13(11)16(17(15)20)18(14)21/h1-2,5-7,10-13H,3-4,8-9H2/t10-,11-,12-,13-/m1/s1. The van der Waals surface area contributed by atoms with Gasteiger partial charge in [-0.25, -0.2) is 0 Å². The maximum absolute atomic E-state index is 6.63. The Morgan fingerprint density at radius 2 is 1.62 bits per heavy atom. The third-order valence-corrected chi connectivity index (χ3v) is 6.56. The maximum atomic E-state index is 6.63. The first-order chi connectivity index (χ1) is 10.2. The summed E-state index contributed by atoms with van der Waals surface area (Å²) < 4.78 is 0. The molecule has 4 atom stereocenters. The van der Waals surface area contributed by atoms with E-state index in [-0.39, 0.29) is 0 Å². The second kappa shape index (κ2) is 4.30. The molecule has 0 radical (unpaired) electrons. The van der Waals surface area contributed by atoms with Crippen LogP contribution in [0.4, 0.5) is 5.69 Å². The van der Waals surface area contributed by atoms with Crippen molar-refractivity contribution in [1.29, 1.82) is 0 Å². The van der Waals surface area contributed by atoms with E-state index in [0.717, 1.165) is 10.0 Å². The van der Waals surface area contributed by atoms with Gasteiger partial charge in [0.1, 0.15) is 0 Å². The lowest BCUT2D eigenvalue weighted by Crippen LogP contribution is -2.43. The van der Waals surface area contributed by atoms with Crippen LogP contribution >= 0.6 is 23.2 Å². The highest BCUT2D eigenvalue weighted by atomic mass is 35.5. The van der Waals surface area contributed by atoms with Gasteiger partial charge in [0, 0.05) is 36.2 Å². The van der Waals surface area contributed by atoms with E-state index in [0.29, 0.717) is 23.7 Å². The summed E-state index contributed by atoms with van der Waals surface area (Å²) in [7, 11) is 0. The van der Waals surface area contributed by atoms with Crippen molar-refractivity contribution >= 4 is 28.9 Å². The molecule has 0 N–H and O–H groups in total. The molecular weight excluding hydrogens is 301 g/mol. The molecule has 21 heavy (non-hydrogen) atoms. The summed E-state index contributed by atoms with van der Waals surface area (Å²) in [6, 6.07) is 2.13. The molecule has 2 aliphatic carbocycles. The minimum absolute atomic E-state index is 0.461. The molecule has 0 spiro atoms. The Bertz CT molecular complexity index is 689. The number of fused-ring (bicyclic) bond motifs is 4. The van der Waals surface area contributed by atoms with E-state index in [1.54, 1.807) is 0 Å². The molecule has 2 aliphatic heterocycles. The smallest absolute Gasteiger partial charge is 0.0651 e. The number of hydrogen-bond donors (Lipinski definition) is 0. The van der Waals surface area contributed by atoms with E-state index in [4.69, 9.17) is 23.2 Å². The zero-order valence-corrected chi connectivity index (χ0v) is 13.2. The molecular formula is C18H17Cl2N. The summed E-state index contributed by atoms with van der Waals surface area (Å²) >= 11 is 13.1. The number of rotatable bonds is 0. The van der Waals surface area contributed by atoms with Crippen LogP contribution in [0.2, 0.25) is 10.0 Å². The lowest BCUT2D eigenvalue weighted by molar-refractivity contribution is 0.410. The molecule has 1 aromatic rings. The fourth-order valence-corrected chi connectivity index (χ4v) is 5.35. The lowest BCUT2D eigenvalue weighted by Gasteiger charge is -2.46. The van der Waals surface area contributed by atoms with E-state index in [2.05, 4.69) is 35.3 Å². The molecule has 0 amide bonds. The minimum atomic E-state index is 0.461. The number of nitrogens with zero attached hydrogens (tertiary/aromatic N) is 1. The summed E-state index contributed by atoms with van der Waals surface area (Å²) in [6.07, 6.45) is 11.7. The van der Waals surface area contributed by atoms with Crippen molar-refractivity contribution in [2.75, 3.05) is 18.0 Å². The van der Waals surface area contributed by atoms with E-state index >= 15 is 0 Å². The Labute approximate surface area is 135 Å². The Kier molecular flexibility index (Phi) is 2.58. The van der Waals surface area contributed by atoms with Crippen LogP contribution in [0.3, 0.4) is 0 Å². The average molecular weight is 318 g/mol. The number of halogens is 2. The first-order valence-corrected chi connectivity index (χ1v) is 8.59. The zero-order valence-electron chi connectivity index (χ0n) is 11.7. The Morgan fingerprint density at radius 3 is 2.38 bits per heavy atom. The van der Waals surface area contributed by atoms with E-state index in [1.165, 1.54) is 42.7 Å². The van der Waals surface area contributed by atoms with Crippen molar-refractivity contribution in [3.63, 3.8) is 0 Å². The largest absolute Gasteiger partial charge is 0.370 e. The number of hydrogen-bond acceptors (Lipinski definition) is 1. The topological polar surface area (TPSA) is 3.24 Å². The monoisotopic (exact) mass is 317 g/mol. The Hall–Kier alpha value is -0.920. The molecule has 2 heterocycles. The predicted octanol–water partition coefficient (Wildman–Crippen LogP) is 5.15. The van der Waals surface area contributed by atoms with Crippen molar-refractivity contribution in [1.82, 2.24) is 0 Å². The summed E-state index contributed by atoms with van der Waals surface area (Å²) in [5.41, 5.74) is 4.09. The van der Waals surface area contributed by atoms with Crippen LogP contribution in [0.1, 0.15) is 35.8 Å². The lowest BCUT2D eigenvalue weighted by atomic mass is 9.75. The molecule has 0 fully saturated rings. The number of allylic oxidation sites excluding steroid dienone is 4. The summed E-state index contributed by atoms with van der Waals surface area (Å²) in [5.74, 6) is 2.38. The van der Waals surface area contributed by atoms with Crippen LogP contribution in [-0.4, -0.2) is 13.1 Å². The molecule has 5 rings (SSSR count). The number of anilines is 1. The van der Waals surface area contributed by atoms with E-state index in [9.17, 15) is 0 Å². The normalized spacial score (nSPS) is 34.9. The third-order valence-electron chi connectivity index (χ3n) is 5.76. The summed E-state index contributed by atoms with van der Waals surface area (Å²) in [6.45, 7) is 2.33. The van der Waals surface area contributed by atoms with Crippen molar-refractivity contribution < 1.29 is 0 Å². The fourth-order valence-electron chi connectivity index (χ4n) is 4.86. The van der Waals surface area contributed by atoms with Gasteiger partial charge in [-0.3, -0.25) is 0 Å². The molecule has 4 aliphatic rings. The summed E-state index contributed by atoms with van der Waals surface area (Å²) in [5, 5.41) is 1.51. The van der Waals surface area contributed by atoms with Gasteiger partial charge in [0.05, 0.1) is 10.0 Å². The molecule has 1 aromatic carbocycles. The Morgan fingerprint density at radius 1 is 0.952 bits per heavy atom. The summed E-state index contributed by atoms with van der Waals surface area (Å²) in [4.78, 5) is 2.59. The van der Waals surface area contributed by atoms with Crippen molar-refractivity contribution in [3.05, 3.63) is 51.5 Å². The quantitative estimate of drug-likeness (QED) is 0.598. The minimum Gasteiger partial charge on any atom is -0.370 e. The van der Waals surface area contributed by atoms with Crippen LogP contribution in [0, 0.1) is 11.8 Å². The maximum Gasteiger partial charge on any atom is 0.0651 e. The van der Waals surface area contributed by atoms with Crippen LogP contribution < -0.4 is 4.90 Å². The fraction of sp³-hybridized carbons (Fsp3) is 0.444. The molecule has 0 saturated heterocycles. The molecule has 0 saturated carbocycles. The van der Waals surface area contributed by atoms with Gasteiger partial charge in [-0.05, 0) is 36.3 Å². The van der Waals surface area contributed by atoms with Gasteiger partial charge in [-0.15, -0.1) is 0 Å². The highest BCUT2D eigenvalue weighted by molar-refractivity contribution is 6.43. The van der Waals surface area contributed by atoms with Crippen molar-refractivity contribution in [3.8, 4) is 0 Å². The second-order valence-corrected chi connectivity index (χ2v) is 7.61. The van der Waals surface area contributed by atoms with Crippen LogP contribution in [0.15, 0.2) is 30.4 Å². The molecule has 0 unspecified atom stereocenters. The number of benzene rings is 1. The van der Waals surface area contributed by atoms with Gasteiger partial charge in [0.15, 0.2) is 0 Å². The van der Waals surface area contributed by atoms with Crippen molar-refractivity contribution in [2.45, 2.75) is 24.7 Å². The van der Waals surface area contributed by atoms with Crippen molar-refractivity contribution in [2.24, 2.45) is 11.8 Å². The van der Waals surface area contributed by atoms with E-state index < -0.39 is 0 Å². The molecule has 3 heteroatoms. The first-order valence-electron chi connectivity index (χ1n) is 7.84. The van der Waals surface area contributed by atoms with Gasteiger partial charge in [-0.1, -0.05) is 47.5 Å². The van der Waals surface area contributed by atoms with E-state index in [1.807, 2.05) is 0 Å². The van der Waals surface area contributed by atoms with Gasteiger partial charge >= 0.3 is 0 Å². The van der Waals surface area contributed by atoms with Gasteiger partial charge in [0.2, 0.25) is 0 Å². The van der Waals surface area contributed by atoms with Crippen LogP contribution in [-0.2, 0) is 0 Å². The van der Waals surface area contributed by atoms with Crippen LogP contribution in [0.25, 0.3) is 0 Å². The van der Waals surface area contributed by atoms with Crippen LogP contribution in [0.5, 0.6) is 0 Å². The molecule has 1 nitrogen and oxygen atoms in total. The van der Waals surface area contributed by atoms with Gasteiger partial charge in [0.25, 0.3) is 0 Å². The Balaban J connectivity index is 1.80. The molecule has 0 aromatic heterocycles. The first kappa shape index (κ1) is 12.6. The highest BCUT2D eigenvalue weighted by Crippen LogP contribution is 2.56. The average Bonchev–Trinajstić information content (AvgIpc) is 3.11. The molecule has 0 bridgehead atoms. The third kappa shape index (κ3) is 1.59.